The molecule has 2 N–H and O–H groups in total. The fourth-order valence-corrected chi connectivity index (χ4v) is 5.48. The van der Waals surface area contributed by atoms with Crippen molar-refractivity contribution in [1.82, 2.24) is 15.5 Å². The molecule has 1 heterocycles. The van der Waals surface area contributed by atoms with Gasteiger partial charge in [-0.25, -0.2) is 8.42 Å². The number of nitrogens with one attached hydrogen (secondary N) is 2. The fourth-order valence-electron chi connectivity index (χ4n) is 4.16. The molecule has 1 atom stereocenters. The van der Waals surface area contributed by atoms with E-state index in [1.807, 2.05) is 4.90 Å². The summed E-state index contributed by atoms with van der Waals surface area (Å²) in [6.07, 6.45) is -4.04. The van der Waals surface area contributed by atoms with Gasteiger partial charge in [-0.05, 0) is 47.9 Å². The van der Waals surface area contributed by atoms with Crippen molar-refractivity contribution in [3.05, 3.63) is 63.7 Å². The Hall–Kier alpha value is -2.63. The second-order valence-electron chi connectivity index (χ2n) is 8.63. The van der Waals surface area contributed by atoms with Gasteiger partial charge in [0.1, 0.15) is 0 Å². The van der Waals surface area contributed by atoms with E-state index in [2.05, 4.69) is 10.6 Å². The van der Waals surface area contributed by atoms with E-state index < -0.39 is 27.5 Å². The zero-order chi connectivity index (χ0) is 26.7. The number of sulfone groups is 1. The van der Waals surface area contributed by atoms with Crippen LogP contribution in [0, 0.1) is 0 Å². The van der Waals surface area contributed by atoms with Crippen molar-refractivity contribution in [2.75, 3.05) is 18.8 Å². The fraction of sp³-hybridized carbons (Fsp3) is 0.417. The monoisotopic (exact) mass is 545 g/mol. The van der Waals surface area contributed by atoms with E-state index in [0.717, 1.165) is 6.07 Å². The van der Waals surface area contributed by atoms with Crippen LogP contribution in [0.3, 0.4) is 0 Å². The van der Waals surface area contributed by atoms with Crippen molar-refractivity contribution in [3.8, 4) is 0 Å². The molecule has 1 aliphatic heterocycles. The molecular formula is C24H27ClF3N3O4S. The van der Waals surface area contributed by atoms with Gasteiger partial charge in [0.05, 0.1) is 16.2 Å². The number of alkyl halides is 3. The lowest BCUT2D eigenvalue weighted by molar-refractivity contribution is -0.138. The number of likely N-dealkylation sites (tertiary alicyclic amines) is 1. The van der Waals surface area contributed by atoms with Crippen LogP contribution < -0.4 is 10.6 Å². The van der Waals surface area contributed by atoms with Gasteiger partial charge >= 0.3 is 6.18 Å². The molecule has 2 aromatic rings. The molecule has 12 heteroatoms. The Morgan fingerprint density at radius 3 is 2.50 bits per heavy atom. The first kappa shape index (κ1) is 27.9. The SMILES string of the molecule is CCS(=O)(=O)c1ccc(Cl)cc1CNC(=O)c1ccc(CN2CC[C@H](NC(C)=O)C2)c(C(F)(F)F)c1. The first-order chi connectivity index (χ1) is 16.8. The van der Waals surface area contributed by atoms with Crippen molar-refractivity contribution < 1.29 is 31.2 Å². The number of amides is 2. The lowest BCUT2D eigenvalue weighted by Gasteiger charge is -2.20. The van der Waals surface area contributed by atoms with Gasteiger partial charge in [0.25, 0.3) is 5.91 Å². The molecule has 1 aliphatic rings. The summed E-state index contributed by atoms with van der Waals surface area (Å²) in [6.45, 7) is 3.64. The molecular weight excluding hydrogens is 519 g/mol. The maximum atomic E-state index is 13.8. The van der Waals surface area contributed by atoms with Crippen molar-refractivity contribution >= 4 is 33.3 Å². The van der Waals surface area contributed by atoms with Crippen LogP contribution in [0.4, 0.5) is 13.2 Å². The van der Waals surface area contributed by atoms with Crippen LogP contribution in [-0.4, -0.2) is 50.0 Å². The number of benzene rings is 2. The van der Waals surface area contributed by atoms with Gasteiger partial charge in [-0.15, -0.1) is 0 Å². The number of hydrogen-bond acceptors (Lipinski definition) is 5. The standard InChI is InChI=1S/C24H27ClF3N3O4S/c1-3-36(34,35)22-7-6-19(25)10-18(22)12-29-23(33)16-4-5-17(21(11-16)24(26,27)28)13-31-9-8-20(14-31)30-15(2)32/h4-7,10-11,20H,3,8-9,12-14H2,1-2H3,(H,29,33)(H,30,32)/t20-/m0/s1. The summed E-state index contributed by atoms with van der Waals surface area (Å²) < 4.78 is 66.2. The molecule has 1 fully saturated rings. The Balaban J connectivity index is 1.78. The van der Waals surface area contributed by atoms with Gasteiger partial charge in [-0.2, -0.15) is 13.2 Å². The Morgan fingerprint density at radius 1 is 1.14 bits per heavy atom. The highest BCUT2D eigenvalue weighted by Crippen LogP contribution is 2.34. The first-order valence-electron chi connectivity index (χ1n) is 11.3. The molecule has 2 aromatic carbocycles. The molecule has 7 nitrogen and oxygen atoms in total. The maximum absolute atomic E-state index is 13.8. The lowest BCUT2D eigenvalue weighted by atomic mass is 10.0. The largest absolute Gasteiger partial charge is 0.416 e. The Bertz CT molecular complexity index is 1250. The van der Waals surface area contributed by atoms with E-state index in [0.29, 0.717) is 19.5 Å². The predicted octanol–water partition coefficient (Wildman–Crippen LogP) is 3.79. The molecule has 0 aliphatic carbocycles. The minimum Gasteiger partial charge on any atom is -0.352 e. The molecule has 1 saturated heterocycles. The summed E-state index contributed by atoms with van der Waals surface area (Å²) in [5.41, 5.74) is -0.859. The summed E-state index contributed by atoms with van der Waals surface area (Å²) in [7, 11) is -3.60. The molecule has 3 rings (SSSR count). The third kappa shape index (κ3) is 6.98. The second kappa shape index (κ2) is 11.2. The lowest BCUT2D eigenvalue weighted by Crippen LogP contribution is -2.35. The molecule has 0 bridgehead atoms. The van der Waals surface area contributed by atoms with Crippen LogP contribution in [0.15, 0.2) is 41.3 Å². The van der Waals surface area contributed by atoms with Gasteiger partial charge in [0.15, 0.2) is 9.84 Å². The van der Waals surface area contributed by atoms with Crippen LogP contribution in [0.5, 0.6) is 0 Å². The maximum Gasteiger partial charge on any atom is 0.416 e. The van der Waals surface area contributed by atoms with Crippen molar-refractivity contribution in [1.29, 1.82) is 0 Å². The van der Waals surface area contributed by atoms with Gasteiger partial charge in [0.2, 0.25) is 5.91 Å². The number of nitrogens with zero attached hydrogens (tertiary/aromatic N) is 1. The molecule has 0 spiro atoms. The minimum atomic E-state index is -4.68. The minimum absolute atomic E-state index is 0.00390. The van der Waals surface area contributed by atoms with E-state index >= 15 is 0 Å². The first-order valence-corrected chi connectivity index (χ1v) is 13.3. The van der Waals surface area contributed by atoms with E-state index in [9.17, 15) is 31.2 Å². The third-order valence-corrected chi connectivity index (χ3v) is 7.99. The van der Waals surface area contributed by atoms with Gasteiger partial charge in [-0.3, -0.25) is 14.5 Å². The molecule has 0 saturated carbocycles. The number of rotatable bonds is 8. The number of halogens is 4. The van der Waals surface area contributed by atoms with Crippen molar-refractivity contribution in [2.24, 2.45) is 0 Å². The highest BCUT2D eigenvalue weighted by molar-refractivity contribution is 7.91. The van der Waals surface area contributed by atoms with Crippen LogP contribution in [0.25, 0.3) is 0 Å². The number of carbonyl (C=O) groups is 2. The zero-order valence-electron chi connectivity index (χ0n) is 19.8. The number of hydrogen-bond donors (Lipinski definition) is 2. The highest BCUT2D eigenvalue weighted by atomic mass is 35.5. The molecule has 0 aromatic heterocycles. The predicted molar refractivity (Wildman–Crippen MR) is 129 cm³/mol. The molecule has 0 unspecified atom stereocenters. The van der Waals surface area contributed by atoms with Crippen molar-refractivity contribution in [2.45, 2.75) is 50.5 Å². The average molecular weight is 546 g/mol. The van der Waals surface area contributed by atoms with Crippen molar-refractivity contribution in [3.63, 3.8) is 0 Å². The van der Waals surface area contributed by atoms with E-state index in [1.54, 1.807) is 0 Å². The van der Waals surface area contributed by atoms with E-state index in [-0.39, 0.29) is 57.4 Å². The normalized spacial score (nSPS) is 16.7. The Labute approximate surface area is 212 Å². The van der Waals surface area contributed by atoms with Crippen LogP contribution in [0.1, 0.15) is 47.3 Å². The quantitative estimate of drug-likeness (QED) is 0.526. The van der Waals surface area contributed by atoms with Gasteiger partial charge in [0, 0.05) is 49.7 Å². The Kier molecular flexibility index (Phi) is 8.68. The van der Waals surface area contributed by atoms with E-state index in [1.165, 1.54) is 44.2 Å². The smallest absolute Gasteiger partial charge is 0.352 e. The third-order valence-electron chi connectivity index (χ3n) is 5.93. The zero-order valence-corrected chi connectivity index (χ0v) is 21.4. The Morgan fingerprint density at radius 2 is 1.86 bits per heavy atom. The van der Waals surface area contributed by atoms with Crippen LogP contribution in [-0.2, 0) is 33.9 Å². The summed E-state index contributed by atoms with van der Waals surface area (Å²) in [5.74, 6) is -1.13. The number of carbonyl (C=O) groups excluding carboxylic acids is 2. The van der Waals surface area contributed by atoms with Crippen LogP contribution in [0.2, 0.25) is 5.02 Å². The van der Waals surface area contributed by atoms with E-state index in [4.69, 9.17) is 11.6 Å². The summed E-state index contributed by atoms with van der Waals surface area (Å²) in [4.78, 5) is 25.8. The highest BCUT2D eigenvalue weighted by Gasteiger charge is 2.35. The van der Waals surface area contributed by atoms with Gasteiger partial charge in [-0.1, -0.05) is 24.6 Å². The average Bonchev–Trinajstić information content (AvgIpc) is 3.22. The molecule has 0 radical (unpaired) electrons. The summed E-state index contributed by atoms with van der Waals surface area (Å²) in [5, 5.41) is 5.53. The topological polar surface area (TPSA) is 95.6 Å². The summed E-state index contributed by atoms with van der Waals surface area (Å²) >= 11 is 5.98. The van der Waals surface area contributed by atoms with Gasteiger partial charge < -0.3 is 10.6 Å². The molecule has 2 amide bonds. The summed E-state index contributed by atoms with van der Waals surface area (Å²) in [6, 6.07) is 7.43. The molecule has 196 valence electrons. The second-order valence-corrected chi connectivity index (χ2v) is 11.3. The molecule has 36 heavy (non-hydrogen) atoms. The van der Waals surface area contributed by atoms with Crippen LogP contribution >= 0.6 is 11.6 Å².